The Bertz CT molecular complexity index is 771. The quantitative estimate of drug-likeness (QED) is 0.731. The predicted molar refractivity (Wildman–Crippen MR) is 81.6 cm³/mol. The minimum Gasteiger partial charge on any atom is -0.497 e. The number of nitrogens with zero attached hydrogens (tertiary/aromatic N) is 4. The van der Waals surface area contributed by atoms with Crippen LogP contribution in [0.2, 0.25) is 0 Å². The molecule has 0 aliphatic carbocycles. The fourth-order valence-corrected chi connectivity index (χ4v) is 2.16. The van der Waals surface area contributed by atoms with Crippen molar-refractivity contribution in [3.8, 4) is 5.75 Å². The number of nitrogen functional groups attached to an aromatic ring is 1. The van der Waals surface area contributed by atoms with Crippen molar-refractivity contribution in [2.75, 3.05) is 18.2 Å². The molecule has 0 radical (unpaired) electrons. The van der Waals surface area contributed by atoms with Crippen molar-refractivity contribution >= 4 is 22.9 Å². The normalized spacial score (nSPS) is 12.3. The van der Waals surface area contributed by atoms with Gasteiger partial charge in [-0.25, -0.2) is 14.6 Å². The van der Waals surface area contributed by atoms with Crippen molar-refractivity contribution in [1.82, 2.24) is 20.3 Å². The second-order valence-corrected chi connectivity index (χ2v) is 4.97. The highest BCUT2D eigenvalue weighted by Crippen LogP contribution is 2.18. The van der Waals surface area contributed by atoms with Crippen LogP contribution in [0.25, 0.3) is 11.3 Å². The van der Waals surface area contributed by atoms with E-state index < -0.39 is 0 Å². The number of fused-ring (bicyclic) bond motifs is 1. The van der Waals surface area contributed by atoms with E-state index in [0.29, 0.717) is 17.1 Å². The molecular formula is C14H16N6O2. The third-order valence-corrected chi connectivity index (χ3v) is 3.23. The van der Waals surface area contributed by atoms with Gasteiger partial charge in [-0.05, 0) is 41.4 Å². The molecule has 0 bridgehead atoms. The summed E-state index contributed by atoms with van der Waals surface area (Å²) in [6, 6.07) is 8.03. The van der Waals surface area contributed by atoms with E-state index in [4.69, 9.17) is 10.5 Å². The SMILES string of the molecule is COc1ccc(CC(C)Nc2nc3nonc3nc2N)cc1. The Morgan fingerprint density at radius 1 is 1.18 bits per heavy atom. The van der Waals surface area contributed by atoms with Crippen molar-refractivity contribution in [1.29, 1.82) is 0 Å². The zero-order valence-electron chi connectivity index (χ0n) is 12.3. The molecule has 0 amide bonds. The number of benzene rings is 1. The molecule has 3 rings (SSSR count). The van der Waals surface area contributed by atoms with Crippen molar-refractivity contribution < 1.29 is 9.37 Å². The first-order valence-electron chi connectivity index (χ1n) is 6.81. The summed E-state index contributed by atoms with van der Waals surface area (Å²) in [5.74, 6) is 1.58. The fraction of sp³-hybridized carbons (Fsp3) is 0.286. The largest absolute Gasteiger partial charge is 0.497 e. The molecule has 3 N–H and O–H groups in total. The molecule has 3 aromatic rings. The standard InChI is InChI=1S/C14H16N6O2/c1-8(7-9-3-5-10(21-2)6-4-9)16-12-11(15)17-13-14(18-12)20-22-19-13/h3-6,8H,7H2,1-2H3,(H2,15,17,19)(H,16,18,20). The third-order valence-electron chi connectivity index (χ3n) is 3.23. The lowest BCUT2D eigenvalue weighted by Crippen LogP contribution is -2.20. The maximum Gasteiger partial charge on any atom is 0.245 e. The minimum atomic E-state index is 0.113. The van der Waals surface area contributed by atoms with Gasteiger partial charge < -0.3 is 15.8 Å². The Balaban J connectivity index is 1.71. The fourth-order valence-electron chi connectivity index (χ4n) is 2.16. The summed E-state index contributed by atoms with van der Waals surface area (Å²) in [4.78, 5) is 8.35. The van der Waals surface area contributed by atoms with Gasteiger partial charge in [-0.3, -0.25) is 0 Å². The van der Waals surface area contributed by atoms with Gasteiger partial charge in [0, 0.05) is 6.04 Å². The van der Waals surface area contributed by atoms with Gasteiger partial charge in [-0.15, -0.1) is 0 Å². The van der Waals surface area contributed by atoms with Crippen LogP contribution in [0.15, 0.2) is 28.9 Å². The number of ether oxygens (including phenoxy) is 1. The van der Waals surface area contributed by atoms with Gasteiger partial charge in [-0.2, -0.15) is 0 Å². The Morgan fingerprint density at radius 3 is 2.55 bits per heavy atom. The second-order valence-electron chi connectivity index (χ2n) is 4.97. The summed E-state index contributed by atoms with van der Waals surface area (Å²) in [7, 11) is 1.65. The van der Waals surface area contributed by atoms with E-state index in [1.807, 2.05) is 31.2 Å². The number of rotatable bonds is 5. The average molecular weight is 300 g/mol. The molecule has 0 fully saturated rings. The van der Waals surface area contributed by atoms with Crippen molar-refractivity contribution in [3.63, 3.8) is 0 Å². The molecule has 2 aromatic heterocycles. The molecule has 1 unspecified atom stereocenters. The highest BCUT2D eigenvalue weighted by Gasteiger charge is 2.12. The van der Waals surface area contributed by atoms with Crippen molar-refractivity contribution in [2.45, 2.75) is 19.4 Å². The van der Waals surface area contributed by atoms with Crippen LogP contribution in [0.5, 0.6) is 5.75 Å². The van der Waals surface area contributed by atoms with Gasteiger partial charge in [0.2, 0.25) is 11.3 Å². The van der Waals surface area contributed by atoms with Crippen molar-refractivity contribution in [3.05, 3.63) is 29.8 Å². The number of anilines is 2. The van der Waals surface area contributed by atoms with Crippen LogP contribution in [0.4, 0.5) is 11.6 Å². The van der Waals surface area contributed by atoms with Crippen LogP contribution in [-0.4, -0.2) is 33.4 Å². The lowest BCUT2D eigenvalue weighted by atomic mass is 10.1. The lowest BCUT2D eigenvalue weighted by Gasteiger charge is -2.15. The van der Waals surface area contributed by atoms with E-state index in [9.17, 15) is 0 Å². The average Bonchev–Trinajstić information content (AvgIpc) is 2.95. The van der Waals surface area contributed by atoms with Crippen LogP contribution in [0.3, 0.4) is 0 Å². The van der Waals surface area contributed by atoms with E-state index in [0.717, 1.165) is 12.2 Å². The molecule has 1 aromatic carbocycles. The summed E-state index contributed by atoms with van der Waals surface area (Å²) in [6.07, 6.45) is 0.806. The first-order valence-corrected chi connectivity index (χ1v) is 6.81. The van der Waals surface area contributed by atoms with Crippen LogP contribution in [0.1, 0.15) is 12.5 Å². The summed E-state index contributed by atoms with van der Waals surface area (Å²) >= 11 is 0. The third kappa shape index (κ3) is 2.90. The molecule has 0 aliphatic heterocycles. The first kappa shape index (κ1) is 14.1. The maximum atomic E-state index is 5.86. The summed E-state index contributed by atoms with van der Waals surface area (Å²) in [5, 5.41) is 10.5. The monoisotopic (exact) mass is 300 g/mol. The molecule has 8 heteroatoms. The van der Waals surface area contributed by atoms with E-state index in [1.165, 1.54) is 5.56 Å². The first-order chi connectivity index (χ1) is 10.7. The molecule has 2 heterocycles. The Morgan fingerprint density at radius 2 is 1.86 bits per heavy atom. The Labute approximate surface area is 126 Å². The molecule has 0 aliphatic rings. The predicted octanol–water partition coefficient (Wildman–Crippen LogP) is 1.65. The number of nitrogens with one attached hydrogen (secondary N) is 1. The Kier molecular flexibility index (Phi) is 3.73. The van der Waals surface area contributed by atoms with Crippen LogP contribution >= 0.6 is 0 Å². The van der Waals surface area contributed by atoms with E-state index in [-0.39, 0.29) is 11.9 Å². The van der Waals surface area contributed by atoms with Crippen LogP contribution < -0.4 is 15.8 Å². The van der Waals surface area contributed by atoms with Gasteiger partial charge in [-0.1, -0.05) is 12.1 Å². The van der Waals surface area contributed by atoms with Gasteiger partial charge in [0.15, 0.2) is 11.6 Å². The zero-order chi connectivity index (χ0) is 15.5. The number of nitrogens with two attached hydrogens (primary N) is 1. The highest BCUT2D eigenvalue weighted by atomic mass is 16.6. The number of aromatic nitrogens is 4. The molecule has 0 saturated carbocycles. The number of hydrogen-bond donors (Lipinski definition) is 2. The van der Waals surface area contributed by atoms with Crippen molar-refractivity contribution in [2.24, 2.45) is 0 Å². The number of hydrogen-bond acceptors (Lipinski definition) is 8. The molecule has 0 saturated heterocycles. The van der Waals surface area contributed by atoms with E-state index >= 15 is 0 Å². The lowest BCUT2D eigenvalue weighted by molar-refractivity contribution is 0.314. The van der Waals surface area contributed by atoms with E-state index in [2.05, 4.69) is 30.2 Å². The van der Waals surface area contributed by atoms with Crippen LogP contribution in [-0.2, 0) is 6.42 Å². The second kappa shape index (κ2) is 5.84. The molecule has 114 valence electrons. The van der Waals surface area contributed by atoms with E-state index in [1.54, 1.807) is 7.11 Å². The highest BCUT2D eigenvalue weighted by molar-refractivity contribution is 5.72. The van der Waals surface area contributed by atoms with Crippen LogP contribution in [0, 0.1) is 0 Å². The molecule has 22 heavy (non-hydrogen) atoms. The maximum absolute atomic E-state index is 5.86. The molecule has 0 spiro atoms. The molecule has 1 atom stereocenters. The number of methoxy groups -OCH3 is 1. The topological polar surface area (TPSA) is 112 Å². The summed E-state index contributed by atoms with van der Waals surface area (Å²) < 4.78 is 9.72. The minimum absolute atomic E-state index is 0.113. The zero-order valence-corrected chi connectivity index (χ0v) is 12.3. The Hall–Kier alpha value is -2.90. The van der Waals surface area contributed by atoms with Gasteiger partial charge in [0.25, 0.3) is 0 Å². The van der Waals surface area contributed by atoms with Gasteiger partial charge in [0.05, 0.1) is 7.11 Å². The summed E-state index contributed by atoms with van der Waals surface area (Å²) in [5.41, 5.74) is 7.66. The van der Waals surface area contributed by atoms with Gasteiger partial charge in [0.1, 0.15) is 5.75 Å². The molecule has 8 nitrogen and oxygen atoms in total. The smallest absolute Gasteiger partial charge is 0.245 e. The molecular weight excluding hydrogens is 284 g/mol. The van der Waals surface area contributed by atoms with Gasteiger partial charge >= 0.3 is 0 Å². The summed E-state index contributed by atoms with van der Waals surface area (Å²) in [6.45, 7) is 2.04.